The van der Waals surface area contributed by atoms with Gasteiger partial charge in [0.05, 0.1) is 17.0 Å². The van der Waals surface area contributed by atoms with Gasteiger partial charge in [-0.1, -0.05) is 36.4 Å². The van der Waals surface area contributed by atoms with E-state index in [0.717, 1.165) is 5.56 Å². The van der Waals surface area contributed by atoms with Gasteiger partial charge in [0.1, 0.15) is 4.90 Å². The van der Waals surface area contributed by atoms with Crippen LogP contribution in [-0.2, 0) is 23.0 Å². The largest absolute Gasteiger partial charge is 0.279 e. The Morgan fingerprint density at radius 3 is 2.41 bits per heavy atom. The van der Waals surface area contributed by atoms with Crippen LogP contribution >= 0.6 is 15.9 Å². The predicted octanol–water partition coefficient (Wildman–Crippen LogP) is 3.70. The normalized spacial score (nSPS) is 14.6. The summed E-state index contributed by atoms with van der Waals surface area (Å²) in [7, 11) is -3.79. The average molecular weight is 474 g/mol. The highest BCUT2D eigenvalue weighted by Crippen LogP contribution is 2.29. The third-order valence-electron chi connectivity index (χ3n) is 5.22. The summed E-state index contributed by atoms with van der Waals surface area (Å²) in [6, 6.07) is 14.9. The van der Waals surface area contributed by atoms with E-state index >= 15 is 0 Å². The summed E-state index contributed by atoms with van der Waals surface area (Å²) < 4.78 is 30.1. The lowest BCUT2D eigenvalue weighted by molar-refractivity contribution is 0.0941. The predicted molar refractivity (Wildman–Crippen MR) is 113 cm³/mol. The number of halogens is 1. The van der Waals surface area contributed by atoms with Crippen LogP contribution in [0.15, 0.2) is 57.9 Å². The molecule has 1 aliphatic rings. The maximum absolute atomic E-state index is 13.4. The number of nitrogens with zero attached hydrogens (tertiary/aromatic N) is 3. The number of fused-ring (bicyclic) bond motifs is 1. The van der Waals surface area contributed by atoms with Crippen molar-refractivity contribution in [2.24, 2.45) is 0 Å². The fourth-order valence-electron chi connectivity index (χ4n) is 3.75. The number of benzene rings is 2. The Bertz CT molecular complexity index is 1220. The van der Waals surface area contributed by atoms with Crippen molar-refractivity contribution in [1.29, 1.82) is 0 Å². The van der Waals surface area contributed by atoms with E-state index in [0.29, 0.717) is 40.9 Å². The van der Waals surface area contributed by atoms with Crippen LogP contribution in [0.4, 0.5) is 0 Å². The third-order valence-corrected chi connectivity index (χ3v) is 8.00. The van der Waals surface area contributed by atoms with Crippen molar-refractivity contribution in [3.63, 3.8) is 0 Å². The van der Waals surface area contributed by atoms with Gasteiger partial charge in [-0.2, -0.15) is 14.1 Å². The molecule has 29 heavy (non-hydrogen) atoms. The van der Waals surface area contributed by atoms with E-state index in [9.17, 15) is 13.2 Å². The lowest BCUT2D eigenvalue weighted by Gasteiger charge is -2.28. The quantitative estimate of drug-likeness (QED) is 0.581. The molecule has 0 amide bonds. The minimum atomic E-state index is -3.79. The molecule has 0 saturated carbocycles. The van der Waals surface area contributed by atoms with E-state index in [2.05, 4.69) is 21.0 Å². The Morgan fingerprint density at radius 1 is 1.03 bits per heavy atom. The fraction of sp³-hybridized carbons (Fsp3) is 0.238. The van der Waals surface area contributed by atoms with Crippen molar-refractivity contribution in [3.8, 4) is 0 Å². The summed E-state index contributed by atoms with van der Waals surface area (Å²) in [5.74, 6) is -0.372. The Labute approximate surface area is 178 Å². The first-order valence-corrected chi connectivity index (χ1v) is 11.5. The molecule has 1 aromatic heterocycles. The molecule has 0 aliphatic carbocycles. The van der Waals surface area contributed by atoms with Crippen LogP contribution in [0.25, 0.3) is 0 Å². The highest BCUT2D eigenvalue weighted by Gasteiger charge is 2.34. The van der Waals surface area contributed by atoms with Gasteiger partial charge in [-0.25, -0.2) is 8.42 Å². The van der Waals surface area contributed by atoms with Gasteiger partial charge < -0.3 is 0 Å². The minimum Gasteiger partial charge on any atom is -0.267 e. The molecule has 0 fully saturated rings. The first-order valence-electron chi connectivity index (χ1n) is 9.23. The first-order chi connectivity index (χ1) is 13.8. The minimum absolute atomic E-state index is 0.109. The van der Waals surface area contributed by atoms with Crippen LogP contribution in [-0.4, -0.2) is 35.0 Å². The van der Waals surface area contributed by atoms with Crippen molar-refractivity contribution < 1.29 is 13.2 Å². The number of hydrogen-bond donors (Lipinski definition) is 0. The van der Waals surface area contributed by atoms with Gasteiger partial charge >= 0.3 is 0 Å². The van der Waals surface area contributed by atoms with Gasteiger partial charge in [0.25, 0.3) is 5.91 Å². The zero-order valence-electron chi connectivity index (χ0n) is 16.1. The van der Waals surface area contributed by atoms with Gasteiger partial charge in [-0.15, -0.1) is 0 Å². The zero-order chi connectivity index (χ0) is 20.8. The Hall–Kier alpha value is -2.29. The summed E-state index contributed by atoms with van der Waals surface area (Å²) >= 11 is 3.37. The number of rotatable bonds is 3. The molecule has 1 aliphatic heterocycles. The monoisotopic (exact) mass is 473 g/mol. The van der Waals surface area contributed by atoms with E-state index in [1.165, 1.54) is 14.6 Å². The lowest BCUT2D eigenvalue weighted by atomic mass is 10.0. The number of carbonyl (C=O) groups excluding carboxylic acids is 1. The molecular weight excluding hydrogens is 454 g/mol. The second-order valence-electron chi connectivity index (χ2n) is 7.05. The third kappa shape index (κ3) is 3.45. The molecule has 8 heteroatoms. The number of carbonyl (C=O) groups is 1. The Balaban J connectivity index is 1.73. The smallest absolute Gasteiger partial charge is 0.267 e. The molecular formula is C21H20BrN3O3S. The Morgan fingerprint density at radius 2 is 1.69 bits per heavy atom. The van der Waals surface area contributed by atoms with E-state index in [4.69, 9.17) is 0 Å². The molecule has 0 unspecified atom stereocenters. The highest BCUT2D eigenvalue weighted by molar-refractivity contribution is 9.10. The SMILES string of the molecule is Cc1nn(C(=O)c2ccccc2Br)c(C)c1S(=O)(=O)N1CCc2ccccc2C1. The summed E-state index contributed by atoms with van der Waals surface area (Å²) in [4.78, 5) is 13.1. The molecule has 0 radical (unpaired) electrons. The molecule has 0 atom stereocenters. The maximum Gasteiger partial charge on any atom is 0.279 e. The molecule has 150 valence electrons. The van der Waals surface area contributed by atoms with Crippen LogP contribution < -0.4 is 0 Å². The molecule has 2 heterocycles. The lowest BCUT2D eigenvalue weighted by Crippen LogP contribution is -2.36. The molecule has 0 bridgehead atoms. The van der Waals surface area contributed by atoms with Crippen LogP contribution in [0, 0.1) is 13.8 Å². The van der Waals surface area contributed by atoms with Crippen LogP contribution in [0.2, 0.25) is 0 Å². The maximum atomic E-state index is 13.4. The van der Waals surface area contributed by atoms with Crippen molar-refractivity contribution in [3.05, 3.63) is 81.1 Å². The van der Waals surface area contributed by atoms with E-state index < -0.39 is 10.0 Å². The van der Waals surface area contributed by atoms with Crippen molar-refractivity contribution >= 4 is 31.9 Å². The van der Waals surface area contributed by atoms with Gasteiger partial charge in [-0.05, 0) is 59.5 Å². The number of aryl methyl sites for hydroxylation is 1. The molecule has 3 aromatic rings. The Kier molecular flexibility index (Phi) is 5.18. The molecule has 4 rings (SSSR count). The summed E-state index contributed by atoms with van der Waals surface area (Å²) in [6.07, 6.45) is 0.664. The second kappa shape index (κ2) is 7.51. The first kappa shape index (κ1) is 20.0. The second-order valence-corrected chi connectivity index (χ2v) is 9.78. The van der Waals surface area contributed by atoms with Gasteiger partial charge in [0.15, 0.2) is 0 Å². The van der Waals surface area contributed by atoms with Crippen LogP contribution in [0.5, 0.6) is 0 Å². The highest BCUT2D eigenvalue weighted by atomic mass is 79.9. The topological polar surface area (TPSA) is 72.3 Å². The molecule has 0 saturated heterocycles. The summed E-state index contributed by atoms with van der Waals surface area (Å²) in [5, 5.41) is 4.27. The summed E-state index contributed by atoms with van der Waals surface area (Å²) in [5.41, 5.74) is 3.25. The number of sulfonamides is 1. The van der Waals surface area contributed by atoms with E-state index in [-0.39, 0.29) is 10.8 Å². The van der Waals surface area contributed by atoms with Crippen LogP contribution in [0.1, 0.15) is 32.9 Å². The van der Waals surface area contributed by atoms with Gasteiger partial charge in [-0.3, -0.25) is 4.79 Å². The van der Waals surface area contributed by atoms with Crippen molar-refractivity contribution in [2.45, 2.75) is 31.7 Å². The van der Waals surface area contributed by atoms with E-state index in [1.807, 2.05) is 30.3 Å². The van der Waals surface area contributed by atoms with Gasteiger partial charge in [0, 0.05) is 17.6 Å². The summed E-state index contributed by atoms with van der Waals surface area (Å²) in [6.45, 7) is 3.98. The van der Waals surface area contributed by atoms with Gasteiger partial charge in [0.2, 0.25) is 10.0 Å². The van der Waals surface area contributed by atoms with E-state index in [1.54, 1.807) is 32.0 Å². The van der Waals surface area contributed by atoms with Crippen molar-refractivity contribution in [2.75, 3.05) is 6.54 Å². The zero-order valence-corrected chi connectivity index (χ0v) is 18.5. The fourth-order valence-corrected chi connectivity index (χ4v) is 5.98. The average Bonchev–Trinajstić information content (AvgIpc) is 3.02. The number of aromatic nitrogens is 2. The molecule has 6 nitrogen and oxygen atoms in total. The molecule has 0 spiro atoms. The standard InChI is InChI=1S/C21H20BrN3O3S/c1-14-20(15(2)25(23-14)21(26)18-9-5-6-10-19(18)22)29(27,28)24-12-11-16-7-3-4-8-17(16)13-24/h3-10H,11-13H2,1-2H3. The van der Waals surface area contributed by atoms with Crippen LogP contribution in [0.3, 0.4) is 0 Å². The number of hydrogen-bond acceptors (Lipinski definition) is 4. The molecule has 2 aromatic carbocycles. The van der Waals surface area contributed by atoms with Crippen molar-refractivity contribution in [1.82, 2.24) is 14.1 Å². The molecule has 0 N–H and O–H groups in total.